The second-order valence-corrected chi connectivity index (χ2v) is 6.33. The number of hydrogen-bond acceptors (Lipinski definition) is 2. The van der Waals surface area contributed by atoms with E-state index in [1.165, 1.54) is 24.1 Å². The molecule has 1 N–H and O–H groups in total. The summed E-state index contributed by atoms with van der Waals surface area (Å²) in [5.74, 6) is 0.861. The van der Waals surface area contributed by atoms with Gasteiger partial charge in [0.25, 0.3) is 0 Å². The SMILES string of the molecule is Cc1c(Cl)cccc1N1CCNC(C)(C2CC2)C1. The van der Waals surface area contributed by atoms with E-state index in [0.29, 0.717) is 0 Å². The van der Waals surface area contributed by atoms with Crippen LogP contribution in [0.4, 0.5) is 5.69 Å². The van der Waals surface area contributed by atoms with E-state index in [1.807, 2.05) is 6.07 Å². The molecular formula is C15H21ClN2. The third-order valence-corrected chi connectivity index (χ3v) is 4.90. The van der Waals surface area contributed by atoms with Crippen LogP contribution in [0.5, 0.6) is 0 Å². The molecule has 1 saturated carbocycles. The van der Waals surface area contributed by atoms with Gasteiger partial charge in [0.05, 0.1) is 0 Å². The van der Waals surface area contributed by atoms with Gasteiger partial charge >= 0.3 is 0 Å². The minimum atomic E-state index is 0.285. The van der Waals surface area contributed by atoms with Crippen LogP contribution in [0, 0.1) is 12.8 Å². The van der Waals surface area contributed by atoms with Crippen LogP contribution in [0.2, 0.25) is 5.02 Å². The van der Waals surface area contributed by atoms with E-state index in [1.54, 1.807) is 0 Å². The Morgan fingerprint density at radius 2 is 2.17 bits per heavy atom. The van der Waals surface area contributed by atoms with Gasteiger partial charge in [-0.25, -0.2) is 0 Å². The molecule has 2 fully saturated rings. The molecular weight excluding hydrogens is 244 g/mol. The lowest BCUT2D eigenvalue weighted by molar-refractivity contribution is 0.285. The summed E-state index contributed by atoms with van der Waals surface area (Å²) in [5, 5.41) is 4.59. The van der Waals surface area contributed by atoms with Crippen LogP contribution < -0.4 is 10.2 Å². The molecule has 1 saturated heterocycles. The summed E-state index contributed by atoms with van der Waals surface area (Å²) in [5.41, 5.74) is 2.79. The van der Waals surface area contributed by atoms with Crippen molar-refractivity contribution >= 4 is 17.3 Å². The average molecular weight is 265 g/mol. The van der Waals surface area contributed by atoms with E-state index in [0.717, 1.165) is 30.6 Å². The maximum Gasteiger partial charge on any atom is 0.0455 e. The van der Waals surface area contributed by atoms with Crippen LogP contribution in [0.1, 0.15) is 25.3 Å². The van der Waals surface area contributed by atoms with Crippen molar-refractivity contribution in [3.8, 4) is 0 Å². The molecule has 1 unspecified atom stereocenters. The van der Waals surface area contributed by atoms with Gasteiger partial charge < -0.3 is 10.2 Å². The molecule has 1 heterocycles. The zero-order valence-corrected chi connectivity index (χ0v) is 11.9. The van der Waals surface area contributed by atoms with Gasteiger partial charge in [0.2, 0.25) is 0 Å². The summed E-state index contributed by atoms with van der Waals surface area (Å²) in [4.78, 5) is 2.50. The largest absolute Gasteiger partial charge is 0.368 e. The van der Waals surface area contributed by atoms with Crippen molar-refractivity contribution in [3.63, 3.8) is 0 Å². The van der Waals surface area contributed by atoms with Crippen LogP contribution in [-0.4, -0.2) is 25.2 Å². The molecule has 0 radical (unpaired) electrons. The van der Waals surface area contributed by atoms with Crippen molar-refractivity contribution in [3.05, 3.63) is 28.8 Å². The quantitative estimate of drug-likeness (QED) is 0.882. The Morgan fingerprint density at radius 1 is 1.39 bits per heavy atom. The Labute approximate surface area is 114 Å². The van der Waals surface area contributed by atoms with E-state index >= 15 is 0 Å². The molecule has 1 aromatic carbocycles. The number of anilines is 1. The average Bonchev–Trinajstić information content (AvgIpc) is 3.17. The highest BCUT2D eigenvalue weighted by Gasteiger charge is 2.44. The number of piperazine rings is 1. The Balaban J connectivity index is 1.85. The topological polar surface area (TPSA) is 15.3 Å². The third kappa shape index (κ3) is 2.12. The molecule has 2 aliphatic rings. The smallest absolute Gasteiger partial charge is 0.0455 e. The fraction of sp³-hybridized carbons (Fsp3) is 0.600. The molecule has 1 aliphatic carbocycles. The van der Waals surface area contributed by atoms with Gasteiger partial charge in [0.1, 0.15) is 0 Å². The molecule has 0 amide bonds. The minimum absolute atomic E-state index is 0.285. The molecule has 3 heteroatoms. The van der Waals surface area contributed by atoms with E-state index in [-0.39, 0.29) is 5.54 Å². The summed E-state index contributed by atoms with van der Waals surface area (Å²) in [6.07, 6.45) is 2.76. The van der Waals surface area contributed by atoms with E-state index in [4.69, 9.17) is 11.6 Å². The lowest BCUT2D eigenvalue weighted by atomic mass is 9.92. The van der Waals surface area contributed by atoms with Crippen molar-refractivity contribution in [1.29, 1.82) is 0 Å². The molecule has 0 spiro atoms. The summed E-state index contributed by atoms with van der Waals surface area (Å²) >= 11 is 6.24. The number of nitrogens with one attached hydrogen (secondary N) is 1. The second kappa shape index (κ2) is 4.43. The van der Waals surface area contributed by atoms with Gasteiger partial charge in [-0.1, -0.05) is 17.7 Å². The minimum Gasteiger partial charge on any atom is -0.368 e. The first kappa shape index (κ1) is 12.3. The van der Waals surface area contributed by atoms with Crippen molar-refractivity contribution in [2.24, 2.45) is 5.92 Å². The van der Waals surface area contributed by atoms with Crippen LogP contribution in [0.25, 0.3) is 0 Å². The fourth-order valence-electron chi connectivity index (χ4n) is 3.15. The lowest BCUT2D eigenvalue weighted by Crippen LogP contribution is -2.60. The normalized spacial score (nSPS) is 28.5. The predicted molar refractivity (Wildman–Crippen MR) is 77.5 cm³/mol. The number of hydrogen-bond donors (Lipinski definition) is 1. The molecule has 1 aromatic rings. The first-order valence-electron chi connectivity index (χ1n) is 6.85. The highest BCUT2D eigenvalue weighted by Crippen LogP contribution is 2.41. The fourth-order valence-corrected chi connectivity index (χ4v) is 3.32. The Hall–Kier alpha value is -0.730. The number of rotatable bonds is 2. The highest BCUT2D eigenvalue weighted by atomic mass is 35.5. The van der Waals surface area contributed by atoms with E-state index in [9.17, 15) is 0 Å². The van der Waals surface area contributed by atoms with Crippen LogP contribution >= 0.6 is 11.6 Å². The van der Waals surface area contributed by atoms with Crippen LogP contribution in [0.3, 0.4) is 0 Å². The maximum atomic E-state index is 6.24. The van der Waals surface area contributed by atoms with E-state index < -0.39 is 0 Å². The molecule has 1 atom stereocenters. The monoisotopic (exact) mass is 264 g/mol. The number of nitrogens with zero attached hydrogens (tertiary/aromatic N) is 1. The summed E-state index contributed by atoms with van der Waals surface area (Å²) < 4.78 is 0. The van der Waals surface area contributed by atoms with Crippen molar-refractivity contribution in [2.45, 2.75) is 32.2 Å². The highest BCUT2D eigenvalue weighted by molar-refractivity contribution is 6.31. The van der Waals surface area contributed by atoms with Crippen molar-refractivity contribution in [1.82, 2.24) is 5.32 Å². The Kier molecular flexibility index (Phi) is 3.03. The van der Waals surface area contributed by atoms with Crippen molar-refractivity contribution < 1.29 is 0 Å². The van der Waals surface area contributed by atoms with Gasteiger partial charge in [-0.2, -0.15) is 0 Å². The van der Waals surface area contributed by atoms with Crippen LogP contribution in [-0.2, 0) is 0 Å². The van der Waals surface area contributed by atoms with Gasteiger partial charge in [0, 0.05) is 35.9 Å². The molecule has 1 aliphatic heterocycles. The standard InChI is InChI=1S/C15H21ClN2/c1-11-13(16)4-3-5-14(11)18-9-8-17-15(2,10-18)12-6-7-12/h3-5,12,17H,6-10H2,1-2H3. The van der Waals surface area contributed by atoms with Gasteiger partial charge in [-0.05, 0) is 50.3 Å². The summed E-state index contributed by atoms with van der Waals surface area (Å²) in [6.45, 7) is 7.73. The third-order valence-electron chi connectivity index (χ3n) is 4.49. The molecule has 0 aromatic heterocycles. The van der Waals surface area contributed by atoms with Crippen LogP contribution in [0.15, 0.2) is 18.2 Å². The molecule has 0 bridgehead atoms. The van der Waals surface area contributed by atoms with Gasteiger partial charge in [-0.15, -0.1) is 0 Å². The molecule has 3 rings (SSSR count). The summed E-state index contributed by atoms with van der Waals surface area (Å²) in [6, 6.07) is 6.23. The van der Waals surface area contributed by atoms with E-state index in [2.05, 4.69) is 36.2 Å². The second-order valence-electron chi connectivity index (χ2n) is 5.92. The first-order valence-corrected chi connectivity index (χ1v) is 7.23. The van der Waals surface area contributed by atoms with Gasteiger partial charge in [0.15, 0.2) is 0 Å². The van der Waals surface area contributed by atoms with Gasteiger partial charge in [-0.3, -0.25) is 0 Å². The molecule has 98 valence electrons. The number of benzene rings is 1. The maximum absolute atomic E-state index is 6.24. The Morgan fingerprint density at radius 3 is 2.89 bits per heavy atom. The van der Waals surface area contributed by atoms with Crippen molar-refractivity contribution in [2.75, 3.05) is 24.5 Å². The zero-order chi connectivity index (χ0) is 12.8. The Bertz CT molecular complexity index is 456. The lowest BCUT2D eigenvalue weighted by Gasteiger charge is -2.43. The first-order chi connectivity index (χ1) is 8.60. The zero-order valence-electron chi connectivity index (χ0n) is 11.2. The molecule has 18 heavy (non-hydrogen) atoms. The summed E-state index contributed by atoms with van der Waals surface area (Å²) in [7, 11) is 0. The molecule has 2 nitrogen and oxygen atoms in total. The number of halogens is 1. The predicted octanol–water partition coefficient (Wildman–Crippen LogP) is 3.23.